The Kier molecular flexibility index (Phi) is 7.40. The third-order valence-corrected chi connectivity index (χ3v) is 10.3. The van der Waals surface area contributed by atoms with Crippen LogP contribution in [-0.4, -0.2) is 87.0 Å². The fourth-order valence-electron chi connectivity index (χ4n) is 6.94. The highest BCUT2D eigenvalue weighted by atomic mass is 127. The number of piperidine rings is 1. The van der Waals surface area contributed by atoms with Crippen molar-refractivity contribution in [1.82, 2.24) is 19.8 Å². The van der Waals surface area contributed by atoms with Gasteiger partial charge in [-0.3, -0.25) is 9.69 Å². The Hall–Kier alpha value is -2.77. The zero-order valence-electron chi connectivity index (χ0n) is 24.4. The fourth-order valence-corrected chi connectivity index (χ4v) is 7.75. The summed E-state index contributed by atoms with van der Waals surface area (Å²) in [6.45, 7) is 6.20. The van der Waals surface area contributed by atoms with Crippen LogP contribution in [0.25, 0.3) is 10.8 Å². The lowest BCUT2D eigenvalue weighted by molar-refractivity contribution is 0.0445. The fraction of sp³-hybridized carbons (Fsp3) is 0.531. The van der Waals surface area contributed by atoms with E-state index in [4.69, 9.17) is 14.7 Å². The van der Waals surface area contributed by atoms with Crippen LogP contribution in [0.3, 0.4) is 0 Å². The summed E-state index contributed by atoms with van der Waals surface area (Å²) < 4.78 is 21.0. The van der Waals surface area contributed by atoms with Crippen LogP contribution in [0.15, 0.2) is 30.3 Å². The lowest BCUT2D eigenvalue weighted by Crippen LogP contribution is -2.47. The lowest BCUT2D eigenvalue weighted by atomic mass is 9.95. The molecule has 228 valence electrons. The Morgan fingerprint density at radius 2 is 2.02 bits per heavy atom. The third-order valence-electron chi connectivity index (χ3n) is 9.38. The van der Waals surface area contributed by atoms with Crippen LogP contribution < -0.4 is 9.64 Å². The number of β-amino-alcohol motifs (C(OH)–C–C–N with tert-alkyl or cyclic N) is 1. The Balaban J connectivity index is 1.17. The van der Waals surface area contributed by atoms with E-state index in [9.17, 15) is 19.4 Å². The number of anilines is 1. The number of benzene rings is 2. The van der Waals surface area contributed by atoms with Crippen molar-refractivity contribution in [1.29, 1.82) is 0 Å². The molecule has 7 rings (SSSR count). The Morgan fingerprint density at radius 1 is 1.19 bits per heavy atom. The summed E-state index contributed by atoms with van der Waals surface area (Å²) in [4.78, 5) is 29.7. The summed E-state index contributed by atoms with van der Waals surface area (Å²) in [6, 6.07) is 9.26. The van der Waals surface area contributed by atoms with E-state index in [1.165, 1.54) is 0 Å². The van der Waals surface area contributed by atoms with E-state index in [0.717, 1.165) is 64.5 Å². The molecule has 2 saturated heterocycles. The Labute approximate surface area is 264 Å². The number of ether oxygens (including phenoxy) is 1. The molecular formula is C32H37FIN5O4. The van der Waals surface area contributed by atoms with Gasteiger partial charge < -0.3 is 24.7 Å². The normalized spacial score (nSPS) is 24.9. The molecule has 0 spiro atoms. The first-order valence-electron chi connectivity index (χ1n) is 15.2. The molecule has 9 nitrogen and oxygen atoms in total. The van der Waals surface area contributed by atoms with Gasteiger partial charge in [0.2, 0.25) is 0 Å². The van der Waals surface area contributed by atoms with Crippen LogP contribution in [0, 0.1) is 8.99 Å². The summed E-state index contributed by atoms with van der Waals surface area (Å²) in [5, 5.41) is 23.0. The van der Waals surface area contributed by atoms with Crippen molar-refractivity contribution >= 4 is 45.1 Å². The van der Waals surface area contributed by atoms with Crippen molar-refractivity contribution in [2.45, 2.75) is 63.9 Å². The SMILES string of the molecule is C[C@@]1(O)CCCN(c2nc(OCC3(CN4CC[C@@H](F)C4)CC3)nc3c2CN(C(=O)c2cc(O)cc4cccc(I)c24)C3)C1. The second-order valence-corrected chi connectivity index (χ2v) is 14.3. The number of phenolic OH excluding ortho intramolecular Hbond substituents is 1. The quantitative estimate of drug-likeness (QED) is 0.344. The van der Waals surface area contributed by atoms with E-state index in [1.54, 1.807) is 17.0 Å². The van der Waals surface area contributed by atoms with Gasteiger partial charge in [-0.1, -0.05) is 12.1 Å². The van der Waals surface area contributed by atoms with Gasteiger partial charge in [0.1, 0.15) is 17.7 Å². The monoisotopic (exact) mass is 701 g/mol. The van der Waals surface area contributed by atoms with E-state index < -0.39 is 11.8 Å². The molecule has 2 atom stereocenters. The van der Waals surface area contributed by atoms with Gasteiger partial charge in [-0.2, -0.15) is 9.97 Å². The highest BCUT2D eigenvalue weighted by Crippen LogP contribution is 2.47. The van der Waals surface area contributed by atoms with Crippen LogP contribution in [0.5, 0.6) is 11.8 Å². The molecule has 2 aromatic carbocycles. The molecule has 4 heterocycles. The van der Waals surface area contributed by atoms with Gasteiger partial charge in [0.25, 0.3) is 5.91 Å². The number of fused-ring (bicyclic) bond motifs is 2. The number of carbonyl (C=O) groups is 1. The number of aromatic nitrogens is 2. The highest BCUT2D eigenvalue weighted by Gasteiger charge is 2.46. The molecule has 1 amide bonds. The van der Waals surface area contributed by atoms with Crippen LogP contribution >= 0.6 is 22.6 Å². The largest absolute Gasteiger partial charge is 0.508 e. The van der Waals surface area contributed by atoms with E-state index in [2.05, 4.69) is 32.4 Å². The van der Waals surface area contributed by atoms with E-state index >= 15 is 0 Å². The number of phenols is 1. The molecular weight excluding hydrogens is 664 g/mol. The summed E-state index contributed by atoms with van der Waals surface area (Å²) >= 11 is 2.23. The van der Waals surface area contributed by atoms with Gasteiger partial charge >= 0.3 is 6.01 Å². The lowest BCUT2D eigenvalue weighted by Gasteiger charge is -2.38. The zero-order valence-corrected chi connectivity index (χ0v) is 26.5. The number of nitrogens with zero attached hydrogens (tertiary/aromatic N) is 5. The Bertz CT molecular complexity index is 1580. The first-order chi connectivity index (χ1) is 20.6. The minimum absolute atomic E-state index is 0.00307. The Morgan fingerprint density at radius 3 is 2.77 bits per heavy atom. The predicted octanol–water partition coefficient (Wildman–Crippen LogP) is 4.65. The van der Waals surface area contributed by atoms with Crippen molar-refractivity contribution in [3.05, 3.63) is 50.7 Å². The third kappa shape index (κ3) is 5.87. The second kappa shape index (κ2) is 11.0. The molecule has 0 bridgehead atoms. The van der Waals surface area contributed by atoms with Gasteiger partial charge in [-0.25, -0.2) is 4.39 Å². The molecule has 3 aromatic rings. The molecule has 11 heteroatoms. The average molecular weight is 702 g/mol. The first-order valence-corrected chi connectivity index (χ1v) is 16.2. The maximum Gasteiger partial charge on any atom is 0.318 e. The summed E-state index contributed by atoms with van der Waals surface area (Å²) in [5.41, 5.74) is 1.21. The first kappa shape index (κ1) is 29.0. The maximum atomic E-state index is 14.0. The molecule has 0 unspecified atom stereocenters. The minimum atomic E-state index is -0.843. The van der Waals surface area contributed by atoms with Gasteiger partial charge in [-0.05, 0) is 85.2 Å². The number of carbonyl (C=O) groups excluding carboxylic acids is 1. The average Bonchev–Trinajstić information content (AvgIpc) is 3.38. The number of amides is 1. The second-order valence-electron chi connectivity index (χ2n) is 13.2. The van der Waals surface area contributed by atoms with E-state index in [1.807, 2.05) is 25.1 Å². The topological polar surface area (TPSA) is 102 Å². The van der Waals surface area contributed by atoms with Crippen LogP contribution in [0.4, 0.5) is 10.2 Å². The number of hydrogen-bond acceptors (Lipinski definition) is 8. The van der Waals surface area contributed by atoms with Crippen LogP contribution in [-0.2, 0) is 13.1 Å². The number of hydrogen-bond donors (Lipinski definition) is 2. The standard InChI is InChI=1S/C32H37FIN5O4/c1-31(42)7-3-10-38(17-31)28-24-15-39(29(41)23-13-22(40)12-20-4-2-5-25(34)27(20)23)16-26(24)35-30(36-28)43-19-32(8-9-32)18-37-11-6-21(33)14-37/h2,4-5,12-13,21,40,42H,3,6-11,14-19H2,1H3/t21-,31-/m1/s1. The molecule has 2 N–H and O–H groups in total. The molecule has 4 aliphatic rings. The van der Waals surface area contributed by atoms with Gasteiger partial charge in [-0.15, -0.1) is 0 Å². The van der Waals surface area contributed by atoms with Crippen molar-refractivity contribution < 1.29 is 24.1 Å². The number of halogens is 2. The highest BCUT2D eigenvalue weighted by molar-refractivity contribution is 14.1. The number of aromatic hydroxyl groups is 1. The van der Waals surface area contributed by atoms with Crippen molar-refractivity contribution in [3.63, 3.8) is 0 Å². The maximum absolute atomic E-state index is 14.0. The van der Waals surface area contributed by atoms with Crippen LogP contribution in [0.2, 0.25) is 0 Å². The predicted molar refractivity (Wildman–Crippen MR) is 169 cm³/mol. The molecule has 0 radical (unpaired) electrons. The number of rotatable bonds is 7. The zero-order chi connectivity index (χ0) is 29.9. The van der Waals surface area contributed by atoms with Gasteiger partial charge in [0.05, 0.1) is 36.6 Å². The molecule has 1 saturated carbocycles. The smallest absolute Gasteiger partial charge is 0.318 e. The van der Waals surface area contributed by atoms with Crippen LogP contribution in [0.1, 0.15) is 60.6 Å². The van der Waals surface area contributed by atoms with Gasteiger partial charge in [0.15, 0.2) is 0 Å². The van der Waals surface area contributed by atoms with Crippen molar-refractivity contribution in [2.24, 2.45) is 5.41 Å². The number of aliphatic hydroxyl groups is 1. The minimum Gasteiger partial charge on any atom is -0.508 e. The van der Waals surface area contributed by atoms with Crippen molar-refractivity contribution in [3.8, 4) is 11.8 Å². The van der Waals surface area contributed by atoms with E-state index in [0.29, 0.717) is 57.0 Å². The molecule has 1 aliphatic carbocycles. The summed E-state index contributed by atoms with van der Waals surface area (Å²) in [7, 11) is 0. The van der Waals surface area contributed by atoms with Crippen molar-refractivity contribution in [2.75, 3.05) is 44.2 Å². The molecule has 3 aliphatic heterocycles. The van der Waals surface area contributed by atoms with E-state index in [-0.39, 0.29) is 23.1 Å². The molecule has 3 fully saturated rings. The molecule has 1 aromatic heterocycles. The number of alkyl halides is 1. The summed E-state index contributed by atoms with van der Waals surface area (Å²) in [6.07, 6.45) is 3.46. The number of likely N-dealkylation sites (tertiary alicyclic amines) is 1. The molecule has 43 heavy (non-hydrogen) atoms. The summed E-state index contributed by atoms with van der Waals surface area (Å²) in [5.74, 6) is 0.567. The van der Waals surface area contributed by atoms with Gasteiger partial charge in [0, 0.05) is 52.7 Å².